The summed E-state index contributed by atoms with van der Waals surface area (Å²) in [6, 6.07) is -0.938. The summed E-state index contributed by atoms with van der Waals surface area (Å²) < 4.78 is 0. The Balaban J connectivity index is 2.68. The summed E-state index contributed by atoms with van der Waals surface area (Å²) in [4.78, 5) is 25.2. The highest BCUT2D eigenvalue weighted by Crippen LogP contribution is 2.24. The number of urea groups is 1. The zero-order valence-corrected chi connectivity index (χ0v) is 12.9. The number of hydrogen-bond donors (Lipinski definition) is 2. The molecule has 1 aliphatic heterocycles. The molecule has 0 aromatic heterocycles. The monoisotopic (exact) mass is 288 g/mol. The predicted molar refractivity (Wildman–Crippen MR) is 77.5 cm³/mol. The van der Waals surface area contributed by atoms with E-state index in [1.165, 1.54) is 0 Å². The van der Waals surface area contributed by atoms with Crippen LogP contribution in [0.5, 0.6) is 0 Å². The van der Waals surface area contributed by atoms with Crippen molar-refractivity contribution in [2.75, 3.05) is 12.3 Å². The fraction of sp³-hybridized carbons (Fsp3) is 0.846. The molecule has 0 bridgehead atoms. The van der Waals surface area contributed by atoms with Gasteiger partial charge in [0.1, 0.15) is 6.04 Å². The molecule has 0 aromatic carbocycles. The van der Waals surface area contributed by atoms with Gasteiger partial charge in [-0.25, -0.2) is 9.59 Å². The predicted octanol–water partition coefficient (Wildman–Crippen LogP) is 2.02. The molecule has 0 aliphatic carbocycles. The van der Waals surface area contributed by atoms with Gasteiger partial charge in [-0.05, 0) is 12.8 Å². The lowest BCUT2D eigenvalue weighted by Gasteiger charge is -2.38. The second-order valence-electron chi connectivity index (χ2n) is 5.16. The number of nitrogens with one attached hydrogen (secondary N) is 1. The summed E-state index contributed by atoms with van der Waals surface area (Å²) in [6.07, 6.45) is 0.721. The number of carboxylic acid groups (broad SMARTS) is 1. The summed E-state index contributed by atoms with van der Waals surface area (Å²) in [6.45, 7) is 8.55. The van der Waals surface area contributed by atoms with Gasteiger partial charge in [0, 0.05) is 23.6 Å². The number of carbonyl (C=O) groups excluding carboxylic acids is 1. The molecule has 1 saturated heterocycles. The first-order valence-electron chi connectivity index (χ1n) is 6.80. The van der Waals surface area contributed by atoms with Crippen LogP contribution in [0.1, 0.15) is 34.1 Å². The molecule has 0 spiro atoms. The SMILES string of the molecule is CCC(C)[C@H](NC(=O)N1CCSC(C)C1C)C(=O)O. The molecule has 1 fully saturated rings. The molecular formula is C13H24N2O3S. The molecule has 19 heavy (non-hydrogen) atoms. The molecule has 0 aromatic rings. The lowest BCUT2D eigenvalue weighted by molar-refractivity contribution is -0.140. The average molecular weight is 288 g/mol. The first kappa shape index (κ1) is 16.1. The number of nitrogens with zero attached hydrogens (tertiary/aromatic N) is 1. The summed E-state index contributed by atoms with van der Waals surface area (Å²) in [5.41, 5.74) is 0. The van der Waals surface area contributed by atoms with Gasteiger partial charge < -0.3 is 15.3 Å². The molecule has 0 radical (unpaired) electrons. The first-order chi connectivity index (χ1) is 8.88. The van der Waals surface area contributed by atoms with Gasteiger partial charge in [-0.15, -0.1) is 0 Å². The zero-order chi connectivity index (χ0) is 14.6. The van der Waals surface area contributed by atoms with Gasteiger partial charge >= 0.3 is 12.0 Å². The minimum atomic E-state index is -0.963. The van der Waals surface area contributed by atoms with E-state index in [1.54, 1.807) is 4.90 Å². The Morgan fingerprint density at radius 3 is 2.63 bits per heavy atom. The maximum absolute atomic E-state index is 12.2. The third kappa shape index (κ3) is 4.03. The number of amides is 2. The van der Waals surface area contributed by atoms with Gasteiger partial charge in [-0.1, -0.05) is 27.2 Å². The second kappa shape index (κ2) is 7.03. The maximum atomic E-state index is 12.2. The van der Waals surface area contributed by atoms with Crippen LogP contribution in [0.3, 0.4) is 0 Å². The van der Waals surface area contributed by atoms with Crippen molar-refractivity contribution in [3.63, 3.8) is 0 Å². The normalized spacial score (nSPS) is 26.6. The van der Waals surface area contributed by atoms with E-state index >= 15 is 0 Å². The molecule has 1 rings (SSSR count). The number of carbonyl (C=O) groups is 2. The Morgan fingerprint density at radius 2 is 2.11 bits per heavy atom. The zero-order valence-electron chi connectivity index (χ0n) is 12.0. The first-order valence-corrected chi connectivity index (χ1v) is 7.84. The topological polar surface area (TPSA) is 69.6 Å². The standard InChI is InChI=1S/C13H24N2O3S/c1-5-8(2)11(12(16)17)14-13(18)15-6-7-19-10(4)9(15)3/h8-11H,5-7H2,1-4H3,(H,14,18)(H,16,17)/t8?,9?,10?,11-/m0/s1. The van der Waals surface area contributed by atoms with E-state index in [4.69, 9.17) is 0 Å². The van der Waals surface area contributed by atoms with Crippen LogP contribution in [-0.2, 0) is 4.79 Å². The fourth-order valence-electron chi connectivity index (χ4n) is 2.12. The van der Waals surface area contributed by atoms with Crippen LogP contribution in [0, 0.1) is 5.92 Å². The molecule has 0 saturated carbocycles. The average Bonchev–Trinajstić information content (AvgIpc) is 2.37. The molecule has 1 heterocycles. The van der Waals surface area contributed by atoms with Crippen LogP contribution in [0.15, 0.2) is 0 Å². The second-order valence-corrected chi connectivity index (χ2v) is 6.65. The van der Waals surface area contributed by atoms with Gasteiger partial charge in [0.15, 0.2) is 0 Å². The smallest absolute Gasteiger partial charge is 0.326 e. The van der Waals surface area contributed by atoms with Crippen LogP contribution in [-0.4, -0.2) is 51.6 Å². The van der Waals surface area contributed by atoms with Crippen molar-refractivity contribution in [2.24, 2.45) is 5.92 Å². The van der Waals surface area contributed by atoms with Crippen LogP contribution in [0.25, 0.3) is 0 Å². The highest BCUT2D eigenvalue weighted by molar-refractivity contribution is 8.00. The molecule has 3 unspecified atom stereocenters. The van der Waals surface area contributed by atoms with Gasteiger partial charge in [0.05, 0.1) is 0 Å². The molecule has 1 aliphatic rings. The Hall–Kier alpha value is -0.910. The lowest BCUT2D eigenvalue weighted by Crippen LogP contribution is -2.56. The third-order valence-electron chi connectivity index (χ3n) is 3.90. The van der Waals surface area contributed by atoms with E-state index in [0.29, 0.717) is 11.8 Å². The van der Waals surface area contributed by atoms with E-state index in [2.05, 4.69) is 12.2 Å². The number of rotatable bonds is 4. The molecule has 2 amide bonds. The largest absolute Gasteiger partial charge is 0.480 e. The van der Waals surface area contributed by atoms with E-state index in [0.717, 1.165) is 12.2 Å². The maximum Gasteiger partial charge on any atom is 0.326 e. The number of carboxylic acids is 1. The Bertz CT molecular complexity index is 338. The summed E-state index contributed by atoms with van der Waals surface area (Å²) in [7, 11) is 0. The Kier molecular flexibility index (Phi) is 5.97. The van der Waals surface area contributed by atoms with Crippen LogP contribution in [0.4, 0.5) is 4.79 Å². The molecule has 4 atom stereocenters. The van der Waals surface area contributed by atoms with Crippen LogP contribution in [0.2, 0.25) is 0 Å². The van der Waals surface area contributed by atoms with Gasteiger partial charge in [-0.2, -0.15) is 11.8 Å². The van der Waals surface area contributed by atoms with Crippen molar-refractivity contribution in [3.8, 4) is 0 Å². The van der Waals surface area contributed by atoms with E-state index < -0.39 is 12.0 Å². The van der Waals surface area contributed by atoms with Crippen LogP contribution < -0.4 is 5.32 Å². The molecule has 6 heteroatoms. The molecule has 2 N–H and O–H groups in total. The highest BCUT2D eigenvalue weighted by atomic mass is 32.2. The van der Waals surface area contributed by atoms with Crippen molar-refractivity contribution in [3.05, 3.63) is 0 Å². The van der Waals surface area contributed by atoms with Crippen molar-refractivity contribution < 1.29 is 14.7 Å². The van der Waals surface area contributed by atoms with Gasteiger partial charge in [0.25, 0.3) is 0 Å². The van der Waals surface area contributed by atoms with E-state index in [1.807, 2.05) is 32.5 Å². The van der Waals surface area contributed by atoms with Crippen LogP contribution >= 0.6 is 11.8 Å². The molecule has 110 valence electrons. The van der Waals surface area contributed by atoms with E-state index in [9.17, 15) is 14.7 Å². The summed E-state index contributed by atoms with van der Waals surface area (Å²) >= 11 is 1.85. The number of thioether (sulfide) groups is 1. The van der Waals surface area contributed by atoms with Crippen molar-refractivity contribution in [1.29, 1.82) is 0 Å². The minimum Gasteiger partial charge on any atom is -0.480 e. The van der Waals surface area contributed by atoms with E-state index in [-0.39, 0.29) is 18.0 Å². The minimum absolute atomic E-state index is 0.0756. The number of hydrogen-bond acceptors (Lipinski definition) is 3. The van der Waals surface area contributed by atoms with Crippen molar-refractivity contribution >= 4 is 23.8 Å². The molecule has 5 nitrogen and oxygen atoms in total. The third-order valence-corrected chi connectivity index (χ3v) is 5.24. The van der Waals surface area contributed by atoms with Gasteiger partial charge in [-0.3, -0.25) is 0 Å². The quantitative estimate of drug-likeness (QED) is 0.830. The highest BCUT2D eigenvalue weighted by Gasteiger charge is 2.32. The Morgan fingerprint density at radius 1 is 1.47 bits per heavy atom. The van der Waals surface area contributed by atoms with Crippen molar-refractivity contribution in [1.82, 2.24) is 10.2 Å². The molecular weight excluding hydrogens is 264 g/mol. The fourth-order valence-corrected chi connectivity index (χ4v) is 3.22. The Labute approximate surface area is 119 Å². The summed E-state index contributed by atoms with van der Waals surface area (Å²) in [5, 5.41) is 12.2. The van der Waals surface area contributed by atoms with Gasteiger partial charge in [0.2, 0.25) is 0 Å². The lowest BCUT2D eigenvalue weighted by atomic mass is 9.99. The summed E-state index contributed by atoms with van der Waals surface area (Å²) in [5.74, 6) is -0.136. The number of aliphatic carboxylic acids is 1. The van der Waals surface area contributed by atoms with Crippen molar-refractivity contribution in [2.45, 2.75) is 51.4 Å².